The Labute approximate surface area is 87.6 Å². The van der Waals surface area contributed by atoms with E-state index in [1.807, 2.05) is 16.7 Å². The number of fused-ring (bicyclic) bond motifs is 1. The molecule has 0 unspecified atom stereocenters. The van der Waals surface area contributed by atoms with Gasteiger partial charge in [-0.2, -0.15) is 0 Å². The van der Waals surface area contributed by atoms with Gasteiger partial charge >= 0.3 is 0 Å². The molecule has 0 spiro atoms. The maximum absolute atomic E-state index is 9.62. The number of imidazole rings is 1. The predicted octanol–water partition coefficient (Wildman–Crippen LogP) is 0.802. The highest BCUT2D eigenvalue weighted by molar-refractivity contribution is 5.58. The second-order valence-electron chi connectivity index (χ2n) is 4.05. The van der Waals surface area contributed by atoms with Crippen molar-refractivity contribution in [2.75, 3.05) is 13.1 Å². The number of nitrogens with zero attached hydrogens (tertiary/aromatic N) is 2. The first-order valence-corrected chi connectivity index (χ1v) is 5.19. The third kappa shape index (κ3) is 1.37. The summed E-state index contributed by atoms with van der Waals surface area (Å²) in [7, 11) is 0. The van der Waals surface area contributed by atoms with Gasteiger partial charge in [0, 0.05) is 12.6 Å². The average Bonchev–Trinajstić information content (AvgIpc) is 2.56. The summed E-state index contributed by atoms with van der Waals surface area (Å²) in [6.07, 6.45) is 4.66. The van der Waals surface area contributed by atoms with E-state index in [0.717, 1.165) is 30.9 Å². The molecule has 4 nitrogen and oxygen atoms in total. The molecule has 0 aliphatic carbocycles. The molecular weight excluding hydrogens is 190 g/mol. The second-order valence-corrected chi connectivity index (χ2v) is 4.05. The molecule has 0 aromatic carbocycles. The van der Waals surface area contributed by atoms with Crippen LogP contribution in [0.1, 0.15) is 5.82 Å². The highest BCUT2D eigenvalue weighted by Gasteiger charge is 2.19. The van der Waals surface area contributed by atoms with Gasteiger partial charge in [-0.1, -0.05) is 0 Å². The largest absolute Gasteiger partial charge is 0.506 e. The van der Waals surface area contributed by atoms with Crippen LogP contribution < -0.4 is 5.32 Å². The Balaban J connectivity index is 2.00. The van der Waals surface area contributed by atoms with Gasteiger partial charge in [0.1, 0.15) is 17.1 Å². The maximum Gasteiger partial charge on any atom is 0.141 e. The molecule has 0 radical (unpaired) electrons. The Morgan fingerprint density at radius 2 is 2.40 bits per heavy atom. The number of aromatic nitrogens is 2. The van der Waals surface area contributed by atoms with Crippen molar-refractivity contribution in [1.82, 2.24) is 14.7 Å². The highest BCUT2D eigenvalue weighted by Crippen LogP contribution is 2.20. The van der Waals surface area contributed by atoms with Gasteiger partial charge in [0.25, 0.3) is 0 Å². The van der Waals surface area contributed by atoms with E-state index in [9.17, 15) is 5.11 Å². The molecule has 78 valence electrons. The Morgan fingerprint density at radius 3 is 3.13 bits per heavy atom. The second kappa shape index (κ2) is 3.24. The van der Waals surface area contributed by atoms with Gasteiger partial charge in [0.2, 0.25) is 0 Å². The summed E-state index contributed by atoms with van der Waals surface area (Å²) in [6.45, 7) is 2.15. The summed E-state index contributed by atoms with van der Waals surface area (Å²) >= 11 is 0. The van der Waals surface area contributed by atoms with Crippen LogP contribution >= 0.6 is 0 Å². The number of rotatable bonds is 2. The molecule has 2 aromatic rings. The van der Waals surface area contributed by atoms with Crippen molar-refractivity contribution < 1.29 is 5.11 Å². The van der Waals surface area contributed by atoms with E-state index in [0.29, 0.717) is 11.7 Å². The number of pyridine rings is 1. The standard InChI is InChI=1S/C11H13N3O/c15-10-2-1-3-14-9(10)7-13-11(14)4-8-5-12-6-8/h1-3,7-8,12,15H,4-6H2. The first-order valence-electron chi connectivity index (χ1n) is 5.19. The van der Waals surface area contributed by atoms with Crippen LogP contribution in [0.15, 0.2) is 24.5 Å². The van der Waals surface area contributed by atoms with Gasteiger partial charge < -0.3 is 14.8 Å². The average molecular weight is 203 g/mol. The third-order valence-corrected chi connectivity index (χ3v) is 2.96. The highest BCUT2D eigenvalue weighted by atomic mass is 16.3. The zero-order valence-electron chi connectivity index (χ0n) is 8.35. The molecule has 3 heterocycles. The van der Waals surface area contributed by atoms with Crippen molar-refractivity contribution in [3.8, 4) is 5.75 Å². The van der Waals surface area contributed by atoms with Crippen molar-refractivity contribution in [3.63, 3.8) is 0 Å². The molecule has 1 aliphatic rings. The molecule has 2 N–H and O–H groups in total. The van der Waals surface area contributed by atoms with E-state index in [1.54, 1.807) is 12.3 Å². The maximum atomic E-state index is 9.62. The third-order valence-electron chi connectivity index (χ3n) is 2.96. The van der Waals surface area contributed by atoms with Crippen LogP contribution in [0.25, 0.3) is 5.52 Å². The summed E-state index contributed by atoms with van der Waals surface area (Å²) in [5.41, 5.74) is 0.791. The summed E-state index contributed by atoms with van der Waals surface area (Å²) < 4.78 is 1.97. The minimum Gasteiger partial charge on any atom is -0.506 e. The molecule has 0 bridgehead atoms. The van der Waals surface area contributed by atoms with Gasteiger partial charge in [-0.15, -0.1) is 0 Å². The molecule has 0 atom stereocenters. The van der Waals surface area contributed by atoms with Crippen LogP contribution in [0.2, 0.25) is 0 Å². The summed E-state index contributed by atoms with van der Waals surface area (Å²) in [5, 5.41) is 12.9. The van der Waals surface area contributed by atoms with E-state index in [4.69, 9.17) is 0 Å². The molecule has 1 saturated heterocycles. The monoisotopic (exact) mass is 203 g/mol. The Bertz CT molecular complexity index is 488. The fourth-order valence-corrected chi connectivity index (χ4v) is 1.96. The number of aromatic hydroxyl groups is 1. The van der Waals surface area contributed by atoms with Gasteiger partial charge in [0.15, 0.2) is 0 Å². The van der Waals surface area contributed by atoms with Crippen LogP contribution in [0.5, 0.6) is 5.75 Å². The summed E-state index contributed by atoms with van der Waals surface area (Å²) in [4.78, 5) is 4.35. The lowest BCUT2D eigenvalue weighted by Crippen LogP contribution is -2.43. The van der Waals surface area contributed by atoms with Crippen LogP contribution in [0.4, 0.5) is 0 Å². The lowest BCUT2D eigenvalue weighted by atomic mass is 9.99. The SMILES string of the molecule is Oc1cccn2c(CC3CNC3)ncc12. The lowest BCUT2D eigenvalue weighted by molar-refractivity contribution is 0.340. The number of hydrogen-bond donors (Lipinski definition) is 2. The molecule has 3 rings (SSSR count). The summed E-state index contributed by atoms with van der Waals surface area (Å²) in [6, 6.07) is 3.53. The minimum atomic E-state index is 0.294. The smallest absolute Gasteiger partial charge is 0.141 e. The summed E-state index contributed by atoms with van der Waals surface area (Å²) in [5.74, 6) is 2.02. The van der Waals surface area contributed by atoms with Crippen LogP contribution in [-0.2, 0) is 6.42 Å². The quantitative estimate of drug-likeness (QED) is 0.759. The molecule has 0 amide bonds. The lowest BCUT2D eigenvalue weighted by Gasteiger charge is -2.26. The molecule has 1 aliphatic heterocycles. The Kier molecular flexibility index (Phi) is 1.89. The van der Waals surface area contributed by atoms with E-state index in [-0.39, 0.29) is 0 Å². The molecule has 1 fully saturated rings. The zero-order chi connectivity index (χ0) is 10.3. The van der Waals surface area contributed by atoms with Crippen molar-refractivity contribution in [1.29, 1.82) is 0 Å². The van der Waals surface area contributed by atoms with Crippen molar-refractivity contribution in [2.24, 2.45) is 5.92 Å². The predicted molar refractivity (Wildman–Crippen MR) is 56.9 cm³/mol. The first kappa shape index (κ1) is 8.73. The molecule has 15 heavy (non-hydrogen) atoms. The number of hydrogen-bond acceptors (Lipinski definition) is 3. The van der Waals surface area contributed by atoms with Crippen LogP contribution in [0.3, 0.4) is 0 Å². The molecule has 2 aromatic heterocycles. The van der Waals surface area contributed by atoms with E-state index >= 15 is 0 Å². The first-order chi connectivity index (χ1) is 7.34. The normalized spacial score (nSPS) is 16.8. The van der Waals surface area contributed by atoms with Crippen LogP contribution in [0, 0.1) is 5.92 Å². The molecular formula is C11H13N3O. The van der Waals surface area contributed by atoms with Gasteiger partial charge in [-0.3, -0.25) is 0 Å². The van der Waals surface area contributed by atoms with E-state index in [1.165, 1.54) is 0 Å². The zero-order valence-corrected chi connectivity index (χ0v) is 8.35. The van der Waals surface area contributed by atoms with Crippen LogP contribution in [-0.4, -0.2) is 27.6 Å². The Hall–Kier alpha value is -1.55. The van der Waals surface area contributed by atoms with E-state index < -0.39 is 0 Å². The van der Waals surface area contributed by atoms with Crippen molar-refractivity contribution in [2.45, 2.75) is 6.42 Å². The van der Waals surface area contributed by atoms with Gasteiger partial charge in [-0.25, -0.2) is 4.98 Å². The topological polar surface area (TPSA) is 49.6 Å². The molecule has 0 saturated carbocycles. The fraction of sp³-hybridized carbons (Fsp3) is 0.364. The van der Waals surface area contributed by atoms with Crippen molar-refractivity contribution >= 4 is 5.52 Å². The number of nitrogens with one attached hydrogen (secondary N) is 1. The molecule has 4 heteroatoms. The van der Waals surface area contributed by atoms with Gasteiger partial charge in [-0.05, 0) is 31.1 Å². The Morgan fingerprint density at radius 1 is 1.53 bits per heavy atom. The van der Waals surface area contributed by atoms with Gasteiger partial charge in [0.05, 0.1) is 6.20 Å². The minimum absolute atomic E-state index is 0.294. The van der Waals surface area contributed by atoms with E-state index in [2.05, 4.69) is 10.3 Å². The van der Waals surface area contributed by atoms with Crippen molar-refractivity contribution in [3.05, 3.63) is 30.4 Å². The fourth-order valence-electron chi connectivity index (χ4n) is 1.96.